The summed E-state index contributed by atoms with van der Waals surface area (Å²) in [5.74, 6) is -0.561. The number of nitrogens with zero attached hydrogens (tertiary/aromatic N) is 1. The van der Waals surface area contributed by atoms with Crippen molar-refractivity contribution in [2.75, 3.05) is 18.9 Å². The number of likely N-dealkylation sites (N-methyl/N-ethyl adjacent to an activating group) is 1. The van der Waals surface area contributed by atoms with Crippen molar-refractivity contribution < 1.29 is 24.2 Å². The molecule has 4 unspecified atom stereocenters. The highest BCUT2D eigenvalue weighted by Crippen LogP contribution is 2.47. The number of carbonyl (C=O) groups is 2. The Morgan fingerprint density at radius 2 is 1.30 bits per heavy atom. The van der Waals surface area contributed by atoms with Crippen molar-refractivity contribution in [2.45, 2.75) is 44.5 Å². The number of ether oxygens (including phenoxy) is 2. The standard InChI is InChI=1S/C49H44N2O5/c1-32(53)36-16-11-19-41(28-36)50-48(54)39-17-10-18-40(27-39)49-55-45(46(34-12-4-3-5-13-34)47(56-49)35-24-22-33(31-52)23-25-35)30-51(2)29-44-42-20-8-6-14-37(42)26-38-15-7-9-21-43(38)44/h3-28,45-47,49,52H,29-31H2,1-2H3,(H,50,54). The van der Waals surface area contributed by atoms with Crippen LogP contribution in [-0.4, -0.2) is 41.4 Å². The Labute approximate surface area is 327 Å². The Morgan fingerprint density at radius 3 is 2.00 bits per heavy atom. The van der Waals surface area contributed by atoms with Crippen LogP contribution in [0.4, 0.5) is 5.69 Å². The minimum atomic E-state index is -0.789. The van der Waals surface area contributed by atoms with Gasteiger partial charge in [0.1, 0.15) is 0 Å². The number of ketones is 1. The molecule has 4 atom stereocenters. The number of aliphatic hydroxyl groups is 1. The highest BCUT2D eigenvalue weighted by molar-refractivity contribution is 6.05. The third-order valence-electron chi connectivity index (χ3n) is 10.7. The third-order valence-corrected chi connectivity index (χ3v) is 10.7. The average Bonchev–Trinajstić information content (AvgIpc) is 3.23. The van der Waals surface area contributed by atoms with Gasteiger partial charge in [-0.05, 0) is 88.1 Å². The van der Waals surface area contributed by atoms with E-state index in [9.17, 15) is 14.7 Å². The summed E-state index contributed by atoms with van der Waals surface area (Å²) in [6, 6.07) is 51.9. The van der Waals surface area contributed by atoms with Crippen molar-refractivity contribution in [3.63, 3.8) is 0 Å². The number of fused-ring (bicyclic) bond motifs is 2. The van der Waals surface area contributed by atoms with Crippen LogP contribution < -0.4 is 5.32 Å². The molecular weight excluding hydrogens is 697 g/mol. The monoisotopic (exact) mass is 740 g/mol. The summed E-state index contributed by atoms with van der Waals surface area (Å²) >= 11 is 0. The molecule has 2 N–H and O–H groups in total. The summed E-state index contributed by atoms with van der Waals surface area (Å²) in [4.78, 5) is 27.9. The van der Waals surface area contributed by atoms with Crippen molar-refractivity contribution in [1.82, 2.24) is 4.90 Å². The van der Waals surface area contributed by atoms with Gasteiger partial charge in [-0.3, -0.25) is 14.5 Å². The molecule has 8 rings (SSSR count). The first-order valence-corrected chi connectivity index (χ1v) is 19.0. The van der Waals surface area contributed by atoms with Gasteiger partial charge in [-0.15, -0.1) is 0 Å². The van der Waals surface area contributed by atoms with Gasteiger partial charge in [0.05, 0.1) is 18.8 Å². The lowest BCUT2D eigenvalue weighted by molar-refractivity contribution is -0.263. The molecule has 0 saturated carbocycles. The number of hydrogen-bond acceptors (Lipinski definition) is 6. The predicted molar refractivity (Wildman–Crippen MR) is 222 cm³/mol. The van der Waals surface area contributed by atoms with E-state index < -0.39 is 12.4 Å². The molecule has 1 heterocycles. The van der Waals surface area contributed by atoms with Crippen molar-refractivity contribution >= 4 is 38.9 Å². The molecule has 0 aromatic heterocycles. The first-order chi connectivity index (χ1) is 27.3. The Bertz CT molecular complexity index is 2450. The second kappa shape index (κ2) is 16.4. The maximum Gasteiger partial charge on any atom is 0.255 e. The number of aliphatic hydroxyl groups excluding tert-OH is 1. The van der Waals surface area contributed by atoms with Crippen LogP contribution in [0.1, 0.15) is 73.8 Å². The van der Waals surface area contributed by atoms with Crippen LogP contribution in [0, 0.1) is 0 Å². The molecule has 0 aliphatic carbocycles. The van der Waals surface area contributed by atoms with E-state index in [0.29, 0.717) is 35.5 Å². The molecule has 0 spiro atoms. The van der Waals surface area contributed by atoms with Gasteiger partial charge in [0.15, 0.2) is 12.1 Å². The van der Waals surface area contributed by atoms with E-state index in [1.807, 2.05) is 60.7 Å². The molecule has 7 nitrogen and oxygen atoms in total. The van der Waals surface area contributed by atoms with Crippen molar-refractivity contribution in [1.29, 1.82) is 0 Å². The molecule has 7 heteroatoms. The number of Topliss-reactive ketones (excluding diaryl/α,β-unsaturated/α-hetero) is 1. The van der Waals surface area contributed by atoms with Gasteiger partial charge in [-0.2, -0.15) is 0 Å². The number of carbonyl (C=O) groups excluding carboxylic acids is 2. The van der Waals surface area contributed by atoms with E-state index in [1.165, 1.54) is 34.0 Å². The maximum absolute atomic E-state index is 13.6. The molecule has 1 fully saturated rings. The molecule has 7 aromatic rings. The Morgan fingerprint density at radius 1 is 0.661 bits per heavy atom. The van der Waals surface area contributed by atoms with Gasteiger partial charge in [0.2, 0.25) is 0 Å². The Hall–Kier alpha value is -5.96. The smallest absolute Gasteiger partial charge is 0.255 e. The van der Waals surface area contributed by atoms with Crippen LogP contribution >= 0.6 is 0 Å². The number of anilines is 1. The summed E-state index contributed by atoms with van der Waals surface area (Å²) in [6.07, 6.45) is -1.52. The van der Waals surface area contributed by atoms with Gasteiger partial charge < -0.3 is 19.9 Å². The van der Waals surface area contributed by atoms with Crippen LogP contribution in [0.15, 0.2) is 158 Å². The minimum absolute atomic E-state index is 0.0518. The quantitative estimate of drug-likeness (QED) is 0.101. The van der Waals surface area contributed by atoms with Crippen molar-refractivity contribution in [2.24, 2.45) is 0 Å². The van der Waals surface area contributed by atoms with E-state index >= 15 is 0 Å². The first-order valence-electron chi connectivity index (χ1n) is 19.0. The summed E-state index contributed by atoms with van der Waals surface area (Å²) in [6.45, 7) is 2.74. The highest BCUT2D eigenvalue weighted by atomic mass is 16.7. The molecule has 1 aliphatic rings. The second-order valence-electron chi connectivity index (χ2n) is 14.6. The van der Waals surface area contributed by atoms with Gasteiger partial charge in [0, 0.05) is 41.4 Å². The van der Waals surface area contributed by atoms with Gasteiger partial charge in [0.25, 0.3) is 5.91 Å². The van der Waals surface area contributed by atoms with E-state index in [1.54, 1.807) is 30.3 Å². The lowest BCUT2D eigenvalue weighted by atomic mass is 9.83. The molecule has 7 aromatic carbocycles. The van der Waals surface area contributed by atoms with Crippen LogP contribution in [0.3, 0.4) is 0 Å². The number of amides is 1. The summed E-state index contributed by atoms with van der Waals surface area (Å²) in [7, 11) is 2.14. The molecule has 0 radical (unpaired) electrons. The fourth-order valence-electron chi connectivity index (χ4n) is 7.93. The molecule has 1 aliphatic heterocycles. The fourth-order valence-corrected chi connectivity index (χ4v) is 7.93. The van der Waals surface area contributed by atoms with Gasteiger partial charge in [-0.25, -0.2) is 0 Å². The zero-order valence-electron chi connectivity index (χ0n) is 31.5. The molecule has 1 amide bonds. The van der Waals surface area contributed by atoms with E-state index in [-0.39, 0.29) is 30.3 Å². The third kappa shape index (κ3) is 7.89. The van der Waals surface area contributed by atoms with Crippen molar-refractivity contribution in [3.8, 4) is 0 Å². The summed E-state index contributed by atoms with van der Waals surface area (Å²) < 4.78 is 14.0. The van der Waals surface area contributed by atoms with Crippen LogP contribution in [0.2, 0.25) is 0 Å². The summed E-state index contributed by atoms with van der Waals surface area (Å²) in [5.41, 5.74) is 6.37. The molecule has 1 saturated heterocycles. The largest absolute Gasteiger partial charge is 0.392 e. The van der Waals surface area contributed by atoms with Crippen molar-refractivity contribution in [3.05, 3.63) is 197 Å². The number of nitrogens with one attached hydrogen (secondary N) is 1. The SMILES string of the molecule is CC(=O)c1cccc(NC(=O)c2cccc(C3OC(CN(C)Cc4c5ccccc5cc5ccccc45)C(c4ccccc4)C(c4ccc(CO)cc4)O3)c2)c1. The Balaban J connectivity index is 1.15. The lowest BCUT2D eigenvalue weighted by Gasteiger charge is -2.44. The lowest BCUT2D eigenvalue weighted by Crippen LogP contribution is -2.43. The van der Waals surface area contributed by atoms with E-state index in [4.69, 9.17) is 9.47 Å². The van der Waals surface area contributed by atoms with E-state index in [2.05, 4.69) is 84.0 Å². The summed E-state index contributed by atoms with van der Waals surface area (Å²) in [5, 5.41) is 17.7. The number of rotatable bonds is 11. The number of hydrogen-bond donors (Lipinski definition) is 2. The zero-order chi connectivity index (χ0) is 38.6. The predicted octanol–water partition coefficient (Wildman–Crippen LogP) is 10.0. The Kier molecular flexibility index (Phi) is 10.8. The molecule has 56 heavy (non-hydrogen) atoms. The van der Waals surface area contributed by atoms with Crippen LogP contribution in [0.25, 0.3) is 21.5 Å². The topological polar surface area (TPSA) is 88.1 Å². The van der Waals surface area contributed by atoms with E-state index in [0.717, 1.165) is 16.7 Å². The fraction of sp³-hybridized carbons (Fsp3) is 0.184. The minimum Gasteiger partial charge on any atom is -0.392 e. The second-order valence-corrected chi connectivity index (χ2v) is 14.6. The average molecular weight is 741 g/mol. The maximum atomic E-state index is 13.6. The van der Waals surface area contributed by atoms with Crippen LogP contribution in [0.5, 0.6) is 0 Å². The molecular formula is C49H44N2O5. The molecule has 0 bridgehead atoms. The van der Waals surface area contributed by atoms with Crippen LogP contribution in [-0.2, 0) is 22.6 Å². The van der Waals surface area contributed by atoms with Gasteiger partial charge in [-0.1, -0.05) is 127 Å². The normalized spacial score (nSPS) is 18.3. The number of benzene rings is 7. The zero-order valence-corrected chi connectivity index (χ0v) is 31.5. The molecule has 280 valence electrons. The first kappa shape index (κ1) is 37.0. The highest BCUT2D eigenvalue weighted by Gasteiger charge is 2.42. The van der Waals surface area contributed by atoms with Gasteiger partial charge >= 0.3 is 0 Å².